The first-order chi connectivity index (χ1) is 9.10. The van der Waals surface area contributed by atoms with Crippen LogP contribution in [0.2, 0.25) is 0 Å². The summed E-state index contributed by atoms with van der Waals surface area (Å²) >= 11 is 3.99. The molecule has 2 aromatic heterocycles. The highest BCUT2D eigenvalue weighted by atomic mass is 127. The lowest BCUT2D eigenvalue weighted by Crippen LogP contribution is -2.01. The zero-order valence-corrected chi connectivity index (χ0v) is 14.2. The van der Waals surface area contributed by atoms with E-state index >= 15 is 0 Å². The van der Waals surface area contributed by atoms with E-state index < -0.39 is 0 Å². The van der Waals surface area contributed by atoms with E-state index in [1.54, 1.807) is 18.5 Å². The molecule has 0 aliphatic heterocycles. The number of aromatic nitrogens is 3. The lowest BCUT2D eigenvalue weighted by molar-refractivity contribution is 1.05. The highest BCUT2D eigenvalue weighted by Crippen LogP contribution is 2.23. The molecule has 19 heavy (non-hydrogen) atoms. The summed E-state index contributed by atoms with van der Waals surface area (Å²) in [5.74, 6) is 2.05. The molecule has 0 aliphatic carbocycles. The number of nitrogens with zero attached hydrogens (tertiary/aromatic N) is 3. The minimum absolute atomic E-state index is 0.439. The van der Waals surface area contributed by atoms with Gasteiger partial charge in [0, 0.05) is 24.0 Å². The molecule has 0 unspecified atom stereocenters. The molecule has 6 nitrogen and oxygen atoms in total. The smallest absolute Gasteiger partial charge is 0.135 e. The van der Waals surface area contributed by atoms with Crippen molar-refractivity contribution in [1.82, 2.24) is 15.0 Å². The first kappa shape index (κ1) is 14.4. The molecular weight excluding hydrogens is 470 g/mol. The van der Waals surface area contributed by atoms with Gasteiger partial charge < -0.3 is 8.85 Å². The lowest BCUT2D eigenvalue weighted by atomic mass is 10.2. The third kappa shape index (κ3) is 3.72. The van der Waals surface area contributed by atoms with Gasteiger partial charge in [-0.15, -0.1) is 0 Å². The van der Waals surface area contributed by atoms with E-state index in [0.29, 0.717) is 21.2 Å². The van der Waals surface area contributed by atoms with Gasteiger partial charge in [0.25, 0.3) is 0 Å². The standard InChI is InChI=1S/C11H10I2N6/c1-6-15-3-2-9(17-6)18-10-4-8(19-13)7(5-16-10)11(12)14/h2-5,14H,1H3,(H2,15,16,17,18,19). The summed E-state index contributed by atoms with van der Waals surface area (Å²) in [6, 6.07) is 3.62. The van der Waals surface area contributed by atoms with Crippen LogP contribution in [0.5, 0.6) is 0 Å². The Bertz CT molecular complexity index is 616. The van der Waals surface area contributed by atoms with Crippen molar-refractivity contribution in [3.05, 3.63) is 35.9 Å². The summed E-state index contributed by atoms with van der Waals surface area (Å²) in [6.07, 6.45) is 3.35. The number of pyridine rings is 1. The minimum Gasteiger partial charge on any atom is -0.328 e. The Labute approximate surface area is 138 Å². The van der Waals surface area contributed by atoms with E-state index in [1.165, 1.54) is 0 Å². The van der Waals surface area contributed by atoms with Crippen molar-refractivity contribution in [2.45, 2.75) is 6.92 Å². The molecule has 0 radical (unpaired) electrons. The van der Waals surface area contributed by atoms with Gasteiger partial charge in [0.2, 0.25) is 0 Å². The lowest BCUT2D eigenvalue weighted by Gasteiger charge is -2.09. The largest absolute Gasteiger partial charge is 0.328 e. The summed E-state index contributed by atoms with van der Waals surface area (Å²) < 4.78 is 3.46. The van der Waals surface area contributed by atoms with Gasteiger partial charge in [-0.1, -0.05) is 0 Å². The number of hydrogen-bond donors (Lipinski definition) is 3. The van der Waals surface area contributed by atoms with Crippen LogP contribution in [-0.2, 0) is 0 Å². The Balaban J connectivity index is 2.29. The minimum atomic E-state index is 0.439. The fraction of sp³-hybridized carbons (Fsp3) is 0.0909. The average molecular weight is 480 g/mol. The number of anilines is 3. The van der Waals surface area contributed by atoms with Crippen LogP contribution >= 0.6 is 45.5 Å². The summed E-state index contributed by atoms with van der Waals surface area (Å²) in [6.45, 7) is 1.83. The van der Waals surface area contributed by atoms with Crippen molar-refractivity contribution in [1.29, 1.82) is 5.41 Å². The molecule has 0 atom stereocenters. The molecule has 0 bridgehead atoms. The topological polar surface area (TPSA) is 86.6 Å². The molecule has 0 saturated heterocycles. The fourth-order valence-electron chi connectivity index (χ4n) is 1.43. The molecule has 0 spiro atoms. The van der Waals surface area contributed by atoms with Gasteiger partial charge in [-0.05, 0) is 35.6 Å². The first-order valence-electron chi connectivity index (χ1n) is 5.28. The van der Waals surface area contributed by atoms with Gasteiger partial charge >= 0.3 is 0 Å². The summed E-state index contributed by atoms with van der Waals surface area (Å²) in [4.78, 5) is 12.6. The van der Waals surface area contributed by atoms with Crippen molar-refractivity contribution in [2.75, 3.05) is 8.85 Å². The van der Waals surface area contributed by atoms with E-state index in [0.717, 1.165) is 11.3 Å². The number of aryl methyl sites for hydroxylation is 1. The van der Waals surface area contributed by atoms with Crippen molar-refractivity contribution in [3.8, 4) is 0 Å². The van der Waals surface area contributed by atoms with Crippen LogP contribution < -0.4 is 8.85 Å². The van der Waals surface area contributed by atoms with Crippen molar-refractivity contribution < 1.29 is 0 Å². The van der Waals surface area contributed by atoms with E-state index in [9.17, 15) is 0 Å². The molecule has 0 fully saturated rings. The Morgan fingerprint density at radius 2 is 2.11 bits per heavy atom. The maximum absolute atomic E-state index is 7.66. The van der Waals surface area contributed by atoms with Crippen molar-refractivity contribution in [3.63, 3.8) is 0 Å². The van der Waals surface area contributed by atoms with E-state index in [2.05, 4.69) is 23.8 Å². The average Bonchev–Trinajstić information content (AvgIpc) is 2.38. The predicted octanol–water partition coefficient (Wildman–Crippen LogP) is 3.45. The number of nitrogens with one attached hydrogen (secondary N) is 3. The SMILES string of the molecule is Cc1nccc(Nc2cc(NI)c(C(=N)I)cn2)n1. The Hall–Kier alpha value is -1.04. The molecule has 2 aromatic rings. The van der Waals surface area contributed by atoms with Crippen LogP contribution in [0, 0.1) is 12.3 Å². The van der Waals surface area contributed by atoms with Crippen molar-refractivity contribution >= 4 is 66.5 Å². The van der Waals surface area contributed by atoms with Crippen molar-refractivity contribution in [2.24, 2.45) is 0 Å². The summed E-state index contributed by atoms with van der Waals surface area (Å²) in [5.41, 5.74) is 1.60. The Morgan fingerprint density at radius 3 is 2.74 bits per heavy atom. The van der Waals surface area contributed by atoms with E-state index in [1.807, 2.05) is 58.4 Å². The second kappa shape index (κ2) is 6.41. The normalized spacial score (nSPS) is 10.1. The van der Waals surface area contributed by atoms with E-state index in [4.69, 9.17) is 5.41 Å². The Morgan fingerprint density at radius 1 is 1.32 bits per heavy atom. The van der Waals surface area contributed by atoms with Gasteiger partial charge in [0.1, 0.15) is 21.2 Å². The van der Waals surface area contributed by atoms with Gasteiger partial charge in [-0.3, -0.25) is 5.41 Å². The van der Waals surface area contributed by atoms with Gasteiger partial charge in [-0.25, -0.2) is 15.0 Å². The molecule has 0 amide bonds. The predicted molar refractivity (Wildman–Crippen MR) is 92.8 cm³/mol. The quantitative estimate of drug-likeness (QED) is 0.355. The van der Waals surface area contributed by atoms with Crippen LogP contribution in [0.15, 0.2) is 24.5 Å². The molecule has 0 saturated carbocycles. The summed E-state index contributed by atoms with van der Waals surface area (Å²) in [5, 5.41) is 10.8. The maximum Gasteiger partial charge on any atom is 0.135 e. The molecule has 2 heterocycles. The van der Waals surface area contributed by atoms with Crippen LogP contribution in [0.3, 0.4) is 0 Å². The fourth-order valence-corrected chi connectivity index (χ4v) is 2.31. The van der Waals surface area contributed by atoms with Gasteiger partial charge in [0.05, 0.1) is 28.6 Å². The first-order valence-corrected chi connectivity index (χ1v) is 7.43. The molecule has 8 heteroatoms. The zero-order valence-electron chi connectivity index (χ0n) is 9.91. The zero-order chi connectivity index (χ0) is 13.8. The second-order valence-corrected chi connectivity index (χ2v) is 5.26. The second-order valence-electron chi connectivity index (χ2n) is 3.64. The van der Waals surface area contributed by atoms with E-state index in [-0.39, 0.29) is 0 Å². The van der Waals surface area contributed by atoms with Gasteiger partial charge in [-0.2, -0.15) is 0 Å². The molecule has 3 N–H and O–H groups in total. The highest BCUT2D eigenvalue weighted by molar-refractivity contribution is 14.1. The number of halogens is 2. The van der Waals surface area contributed by atoms with Crippen LogP contribution in [0.25, 0.3) is 0 Å². The Kier molecular flexibility index (Phi) is 4.85. The maximum atomic E-state index is 7.66. The van der Waals surface area contributed by atoms with Crippen LogP contribution in [-0.4, -0.2) is 18.7 Å². The number of hydrogen-bond acceptors (Lipinski definition) is 6. The third-order valence-electron chi connectivity index (χ3n) is 2.27. The summed E-state index contributed by atoms with van der Waals surface area (Å²) in [7, 11) is 0. The van der Waals surface area contributed by atoms with Crippen LogP contribution in [0.4, 0.5) is 17.3 Å². The molecule has 98 valence electrons. The van der Waals surface area contributed by atoms with Gasteiger partial charge in [0.15, 0.2) is 0 Å². The molecular formula is C11H10I2N6. The highest BCUT2D eigenvalue weighted by Gasteiger charge is 2.08. The van der Waals surface area contributed by atoms with Crippen LogP contribution in [0.1, 0.15) is 11.4 Å². The molecule has 0 aliphatic rings. The monoisotopic (exact) mass is 480 g/mol. The molecule has 2 rings (SSSR count). The third-order valence-corrected chi connectivity index (χ3v) is 3.44. The number of rotatable bonds is 4. The molecule has 0 aromatic carbocycles.